The molecule has 9 heteroatoms. The second-order valence-corrected chi connectivity index (χ2v) is 12.2. The number of aryl methyl sites for hydroxylation is 1. The van der Waals surface area contributed by atoms with Gasteiger partial charge in [0.2, 0.25) is 5.91 Å². The molecule has 2 saturated heterocycles. The summed E-state index contributed by atoms with van der Waals surface area (Å²) >= 11 is 0. The van der Waals surface area contributed by atoms with Crippen molar-refractivity contribution in [1.82, 2.24) is 20.4 Å². The van der Waals surface area contributed by atoms with Crippen LogP contribution >= 0.6 is 0 Å². The van der Waals surface area contributed by atoms with Crippen LogP contribution in [0.5, 0.6) is 0 Å². The van der Waals surface area contributed by atoms with E-state index in [9.17, 15) is 14.4 Å². The van der Waals surface area contributed by atoms with Crippen LogP contribution in [0.3, 0.4) is 0 Å². The summed E-state index contributed by atoms with van der Waals surface area (Å²) in [5.41, 5.74) is 4.21. The number of urea groups is 1. The van der Waals surface area contributed by atoms with Gasteiger partial charge in [-0.2, -0.15) is 5.10 Å². The molecule has 5 rings (SSSR count). The molecule has 41 heavy (non-hydrogen) atoms. The summed E-state index contributed by atoms with van der Waals surface area (Å²) in [6, 6.07) is 16.6. The molecule has 3 amide bonds. The molecule has 1 aromatic heterocycles. The molecule has 0 spiro atoms. The molecule has 2 atom stereocenters. The number of anilines is 2. The summed E-state index contributed by atoms with van der Waals surface area (Å²) in [7, 11) is 0. The molecule has 3 heterocycles. The molecule has 0 aliphatic carbocycles. The molecule has 0 radical (unpaired) electrons. The van der Waals surface area contributed by atoms with Crippen LogP contribution in [0.25, 0.3) is 5.69 Å². The second-order valence-electron chi connectivity index (χ2n) is 12.2. The van der Waals surface area contributed by atoms with E-state index in [1.54, 1.807) is 4.68 Å². The van der Waals surface area contributed by atoms with Gasteiger partial charge in [-0.05, 0) is 75.0 Å². The van der Waals surface area contributed by atoms with E-state index in [2.05, 4.69) is 42.0 Å². The molecular formula is C32H40N6O3. The number of carbonyl (C=O) groups is 3. The lowest BCUT2D eigenvalue weighted by molar-refractivity contribution is -0.126. The number of hydrogen-bond donors (Lipinski definition) is 4. The Bertz CT molecular complexity index is 1400. The molecule has 3 aromatic rings. The normalized spacial score (nSPS) is 18.5. The fourth-order valence-electron chi connectivity index (χ4n) is 5.66. The van der Waals surface area contributed by atoms with Crippen LogP contribution in [0.4, 0.5) is 16.3 Å². The van der Waals surface area contributed by atoms with E-state index in [0.29, 0.717) is 24.3 Å². The molecule has 2 aromatic carbocycles. The summed E-state index contributed by atoms with van der Waals surface area (Å²) in [6.45, 7) is 10.0. The summed E-state index contributed by atoms with van der Waals surface area (Å²) in [5, 5.41) is 16.9. The van der Waals surface area contributed by atoms with Gasteiger partial charge in [0.15, 0.2) is 5.78 Å². The average molecular weight is 557 g/mol. The van der Waals surface area contributed by atoms with Gasteiger partial charge in [-0.25, -0.2) is 9.48 Å². The number of nitrogens with one attached hydrogen (secondary N) is 4. The van der Waals surface area contributed by atoms with Gasteiger partial charge in [0.25, 0.3) is 0 Å². The Balaban J connectivity index is 1.32. The minimum atomic E-state index is -0.428. The van der Waals surface area contributed by atoms with Crippen molar-refractivity contribution in [2.45, 2.75) is 70.8 Å². The smallest absolute Gasteiger partial charge is 0.324 e. The van der Waals surface area contributed by atoms with Crippen molar-refractivity contribution in [3.05, 3.63) is 71.4 Å². The Morgan fingerprint density at radius 3 is 2.27 bits per heavy atom. The van der Waals surface area contributed by atoms with Crippen LogP contribution in [-0.4, -0.2) is 46.6 Å². The van der Waals surface area contributed by atoms with Gasteiger partial charge in [0, 0.05) is 29.5 Å². The van der Waals surface area contributed by atoms with E-state index in [-0.39, 0.29) is 35.0 Å². The first kappa shape index (κ1) is 28.5. The first-order valence-corrected chi connectivity index (χ1v) is 14.5. The summed E-state index contributed by atoms with van der Waals surface area (Å²) < 4.78 is 1.75. The van der Waals surface area contributed by atoms with Gasteiger partial charge < -0.3 is 16.0 Å². The third-order valence-electron chi connectivity index (χ3n) is 8.03. The van der Waals surface area contributed by atoms with Crippen molar-refractivity contribution in [2.75, 3.05) is 23.7 Å². The summed E-state index contributed by atoms with van der Waals surface area (Å²) in [6.07, 6.45) is 2.76. The maximum Gasteiger partial charge on any atom is 0.324 e. The predicted molar refractivity (Wildman–Crippen MR) is 161 cm³/mol. The zero-order valence-electron chi connectivity index (χ0n) is 24.3. The summed E-state index contributed by atoms with van der Waals surface area (Å²) in [4.78, 5) is 38.5. The van der Waals surface area contributed by atoms with Crippen molar-refractivity contribution in [1.29, 1.82) is 0 Å². The van der Waals surface area contributed by atoms with Gasteiger partial charge in [-0.15, -0.1) is 0 Å². The highest BCUT2D eigenvalue weighted by molar-refractivity contribution is 6.00. The van der Waals surface area contributed by atoms with Crippen LogP contribution in [0.2, 0.25) is 0 Å². The van der Waals surface area contributed by atoms with Crippen molar-refractivity contribution < 1.29 is 14.4 Å². The lowest BCUT2D eigenvalue weighted by Crippen LogP contribution is -2.41. The molecule has 2 aliphatic heterocycles. The maximum atomic E-state index is 13.6. The van der Waals surface area contributed by atoms with E-state index < -0.39 is 6.04 Å². The van der Waals surface area contributed by atoms with Crippen LogP contribution in [0, 0.1) is 12.8 Å². The molecule has 9 nitrogen and oxygen atoms in total. The van der Waals surface area contributed by atoms with Crippen LogP contribution in [-0.2, 0) is 15.0 Å². The fourth-order valence-corrected chi connectivity index (χ4v) is 5.66. The third kappa shape index (κ3) is 6.68. The number of ketones is 1. The Morgan fingerprint density at radius 2 is 1.66 bits per heavy atom. The molecule has 2 unspecified atom stereocenters. The van der Waals surface area contributed by atoms with Crippen molar-refractivity contribution in [3.8, 4) is 5.69 Å². The monoisotopic (exact) mass is 556 g/mol. The number of rotatable bonds is 7. The largest absolute Gasteiger partial charge is 0.346 e. The topological polar surface area (TPSA) is 117 Å². The zero-order valence-corrected chi connectivity index (χ0v) is 24.3. The van der Waals surface area contributed by atoms with Gasteiger partial charge >= 0.3 is 6.03 Å². The average Bonchev–Trinajstić information content (AvgIpc) is 3.57. The number of carbonyl (C=O) groups excluding carboxylic acids is 3. The number of benzene rings is 2. The minimum absolute atomic E-state index is 0.0590. The maximum absolute atomic E-state index is 13.6. The number of hydrogen-bond acceptors (Lipinski definition) is 5. The van der Waals surface area contributed by atoms with Gasteiger partial charge in [0.05, 0.1) is 17.4 Å². The Labute approximate surface area is 241 Å². The van der Waals surface area contributed by atoms with E-state index in [1.165, 1.54) is 0 Å². The highest BCUT2D eigenvalue weighted by atomic mass is 16.2. The predicted octanol–water partition coefficient (Wildman–Crippen LogP) is 5.05. The van der Waals surface area contributed by atoms with Gasteiger partial charge in [-0.1, -0.05) is 50.6 Å². The first-order chi connectivity index (χ1) is 19.6. The van der Waals surface area contributed by atoms with Crippen molar-refractivity contribution in [3.63, 3.8) is 0 Å². The van der Waals surface area contributed by atoms with Crippen molar-refractivity contribution >= 4 is 29.2 Å². The van der Waals surface area contributed by atoms with Gasteiger partial charge in [-0.3, -0.25) is 14.9 Å². The molecule has 4 N–H and O–H groups in total. The van der Waals surface area contributed by atoms with E-state index >= 15 is 0 Å². The molecule has 0 bridgehead atoms. The molecule has 2 aliphatic rings. The number of Topliss-reactive ketones (excluding diaryl/α,β-unsaturated/α-hetero) is 1. The van der Waals surface area contributed by atoms with Crippen LogP contribution < -0.4 is 21.3 Å². The quantitative estimate of drug-likeness (QED) is 0.325. The summed E-state index contributed by atoms with van der Waals surface area (Å²) in [5.74, 6) is 0.519. The number of piperidine rings is 1. The van der Waals surface area contributed by atoms with Crippen molar-refractivity contribution in [2.24, 2.45) is 5.92 Å². The number of aromatic nitrogens is 2. The number of nitrogens with zero attached hydrogens (tertiary/aromatic N) is 2. The van der Waals surface area contributed by atoms with Crippen LogP contribution in [0.15, 0.2) is 54.6 Å². The SMILES string of the molecule is Cc1ccc(-n2nc(C(C)(C)C)cc2NC(=O)Nc2ccc(C(C(=O)C3CCC(=O)N3)C3CCNCC3)cc2)cc1. The first-order valence-electron chi connectivity index (χ1n) is 14.5. The van der Waals surface area contributed by atoms with Crippen LogP contribution in [0.1, 0.15) is 69.2 Å². The van der Waals surface area contributed by atoms with Gasteiger partial charge in [0.1, 0.15) is 5.82 Å². The second kappa shape index (κ2) is 11.9. The standard InChI is InChI=1S/C32H40N6O3/c1-20-5-11-24(12-6-20)38-27(19-26(37-38)32(2,3)4)36-31(41)34-23-9-7-21(8-10-23)29(22-15-17-33-18-16-22)30(40)25-13-14-28(39)35-25/h5-12,19,22,25,29,33H,13-18H2,1-4H3,(H,35,39)(H2,34,36,41). The van der Waals surface area contributed by atoms with E-state index in [1.807, 2.05) is 61.5 Å². The lowest BCUT2D eigenvalue weighted by atomic mass is 9.76. The number of amides is 3. The third-order valence-corrected chi connectivity index (χ3v) is 8.03. The Hall–Kier alpha value is -3.98. The zero-order chi connectivity index (χ0) is 29.1. The van der Waals surface area contributed by atoms with E-state index in [4.69, 9.17) is 5.10 Å². The molecular weight excluding hydrogens is 516 g/mol. The fraction of sp³-hybridized carbons (Fsp3) is 0.438. The highest BCUT2D eigenvalue weighted by Crippen LogP contribution is 2.35. The molecule has 216 valence electrons. The lowest BCUT2D eigenvalue weighted by Gasteiger charge is -2.31. The van der Waals surface area contributed by atoms with E-state index in [0.717, 1.165) is 48.4 Å². The Morgan fingerprint density at radius 1 is 0.976 bits per heavy atom. The highest BCUT2D eigenvalue weighted by Gasteiger charge is 2.37. The Kier molecular flexibility index (Phi) is 8.26. The molecule has 0 saturated carbocycles. The molecule has 2 fully saturated rings. The minimum Gasteiger partial charge on any atom is -0.346 e.